The van der Waals surface area contributed by atoms with E-state index in [4.69, 9.17) is 18.0 Å². The molecule has 138 valence electrons. The van der Waals surface area contributed by atoms with Crippen LogP contribution in [0.1, 0.15) is 16.2 Å². The minimum Gasteiger partial charge on any atom is -0.404 e. The van der Waals surface area contributed by atoms with E-state index in [1.165, 1.54) is 19.2 Å². The number of carbonyl (C=O) groups excluding carboxylic acids is 1. The molecule has 0 saturated carbocycles. The second kappa shape index (κ2) is 6.85. The maximum atomic E-state index is 12.4. The number of hydrogen-bond acceptors (Lipinski definition) is 3. The molecule has 0 spiro atoms. The van der Waals surface area contributed by atoms with E-state index in [0.29, 0.717) is 22.3 Å². The number of halogens is 4. The van der Waals surface area contributed by atoms with E-state index in [0.717, 1.165) is 6.07 Å². The van der Waals surface area contributed by atoms with Crippen molar-refractivity contribution >= 4 is 28.5 Å². The minimum atomic E-state index is -4.85. The van der Waals surface area contributed by atoms with E-state index in [9.17, 15) is 18.0 Å². The van der Waals surface area contributed by atoms with Gasteiger partial charge in [-0.2, -0.15) is 0 Å². The standard InChI is InChI=1S/C18H11ClF3N3O2/c1-3-16-24-13-8-10(17(26)23-2)4-6-14(13)25(16)11-5-7-15(12(19)9-11)27-18(20,21)22/h1,4-9H,2H3,(H,23,26). The molecule has 9 heteroatoms. The van der Waals surface area contributed by atoms with Crippen molar-refractivity contribution in [2.24, 2.45) is 0 Å². The summed E-state index contributed by atoms with van der Waals surface area (Å²) >= 11 is 5.92. The molecule has 0 aliphatic carbocycles. The normalized spacial score (nSPS) is 11.3. The molecule has 0 aliphatic heterocycles. The lowest BCUT2D eigenvalue weighted by Gasteiger charge is -2.12. The van der Waals surface area contributed by atoms with Crippen molar-refractivity contribution in [1.82, 2.24) is 14.9 Å². The molecule has 3 aromatic rings. The maximum absolute atomic E-state index is 12.4. The summed E-state index contributed by atoms with van der Waals surface area (Å²) in [4.78, 5) is 16.1. The quantitative estimate of drug-likeness (QED) is 0.686. The Morgan fingerprint density at radius 1 is 1.30 bits per heavy atom. The molecule has 3 rings (SSSR count). The van der Waals surface area contributed by atoms with Crippen LogP contribution in [0, 0.1) is 12.3 Å². The van der Waals surface area contributed by atoms with E-state index in [1.54, 1.807) is 22.8 Å². The fourth-order valence-electron chi connectivity index (χ4n) is 2.56. The molecule has 1 aromatic heterocycles. The minimum absolute atomic E-state index is 0.208. The number of rotatable bonds is 3. The van der Waals surface area contributed by atoms with E-state index >= 15 is 0 Å². The van der Waals surface area contributed by atoms with Crippen molar-refractivity contribution in [2.75, 3.05) is 7.05 Å². The number of alkyl halides is 3. The number of fused-ring (bicyclic) bond motifs is 1. The lowest BCUT2D eigenvalue weighted by atomic mass is 10.2. The van der Waals surface area contributed by atoms with Crippen LogP contribution in [0.2, 0.25) is 5.02 Å². The molecule has 1 amide bonds. The van der Waals surface area contributed by atoms with Gasteiger partial charge in [-0.05, 0) is 42.3 Å². The Morgan fingerprint density at radius 3 is 2.63 bits per heavy atom. The Kier molecular flexibility index (Phi) is 4.72. The molecule has 0 atom stereocenters. The van der Waals surface area contributed by atoms with Gasteiger partial charge < -0.3 is 10.1 Å². The zero-order valence-corrected chi connectivity index (χ0v) is 14.5. The third-order valence-corrected chi connectivity index (χ3v) is 3.97. The summed E-state index contributed by atoms with van der Waals surface area (Å²) < 4.78 is 42.6. The van der Waals surface area contributed by atoms with E-state index in [1.807, 2.05) is 0 Å². The van der Waals surface area contributed by atoms with Crippen LogP contribution < -0.4 is 10.1 Å². The Hall–Kier alpha value is -3.18. The molecule has 0 aliphatic rings. The zero-order valence-electron chi connectivity index (χ0n) is 13.8. The summed E-state index contributed by atoms with van der Waals surface area (Å²) in [5, 5.41) is 2.27. The first-order chi connectivity index (χ1) is 12.7. The molecule has 0 bridgehead atoms. The molecule has 1 heterocycles. The highest BCUT2D eigenvalue weighted by atomic mass is 35.5. The Balaban J connectivity index is 2.12. The number of benzene rings is 2. The smallest absolute Gasteiger partial charge is 0.404 e. The summed E-state index contributed by atoms with van der Waals surface area (Å²) in [7, 11) is 1.50. The third kappa shape index (κ3) is 3.68. The first-order valence-corrected chi connectivity index (χ1v) is 7.88. The zero-order chi connectivity index (χ0) is 19.8. The Bertz CT molecular complexity index is 1080. The van der Waals surface area contributed by atoms with E-state index in [-0.39, 0.29) is 16.8 Å². The summed E-state index contributed by atoms with van der Waals surface area (Å²) in [5.41, 5.74) is 1.81. The van der Waals surface area contributed by atoms with Crippen molar-refractivity contribution < 1.29 is 22.7 Å². The van der Waals surface area contributed by atoms with Crippen molar-refractivity contribution in [3.63, 3.8) is 0 Å². The van der Waals surface area contributed by atoms with Crippen LogP contribution in [0.3, 0.4) is 0 Å². The number of aromatic nitrogens is 2. The maximum Gasteiger partial charge on any atom is 0.573 e. The number of ether oxygens (including phenoxy) is 1. The average molecular weight is 394 g/mol. The molecule has 0 unspecified atom stereocenters. The number of nitrogens with one attached hydrogen (secondary N) is 1. The lowest BCUT2D eigenvalue weighted by molar-refractivity contribution is -0.274. The monoisotopic (exact) mass is 393 g/mol. The van der Waals surface area contributed by atoms with Crippen LogP contribution >= 0.6 is 11.6 Å². The third-order valence-electron chi connectivity index (χ3n) is 3.67. The molecular formula is C18H11ClF3N3O2. The SMILES string of the molecule is C#Cc1nc2cc(C(=O)NC)ccc2n1-c1ccc(OC(F)(F)F)c(Cl)c1. The van der Waals surface area contributed by atoms with Crippen LogP contribution in [0.15, 0.2) is 36.4 Å². The highest BCUT2D eigenvalue weighted by molar-refractivity contribution is 6.32. The number of terminal acetylenes is 1. The first-order valence-electron chi connectivity index (χ1n) is 7.50. The van der Waals surface area contributed by atoms with Gasteiger partial charge in [0.15, 0.2) is 5.82 Å². The van der Waals surface area contributed by atoms with Crippen molar-refractivity contribution in [3.8, 4) is 23.8 Å². The fourth-order valence-corrected chi connectivity index (χ4v) is 2.77. The van der Waals surface area contributed by atoms with Gasteiger partial charge in [0.2, 0.25) is 0 Å². The highest BCUT2D eigenvalue weighted by Crippen LogP contribution is 2.33. The van der Waals surface area contributed by atoms with Gasteiger partial charge in [0.25, 0.3) is 5.91 Å². The van der Waals surface area contributed by atoms with E-state index in [2.05, 4.69) is 21.0 Å². The van der Waals surface area contributed by atoms with Crippen molar-refractivity contribution in [1.29, 1.82) is 0 Å². The topological polar surface area (TPSA) is 56.2 Å². The number of amides is 1. The van der Waals surface area contributed by atoms with Crippen LogP contribution in [0.25, 0.3) is 16.7 Å². The van der Waals surface area contributed by atoms with Gasteiger partial charge in [0, 0.05) is 12.6 Å². The molecule has 2 aromatic carbocycles. The van der Waals surface area contributed by atoms with Crippen LogP contribution in [0.4, 0.5) is 13.2 Å². The Morgan fingerprint density at radius 2 is 2.04 bits per heavy atom. The molecule has 0 radical (unpaired) electrons. The molecular weight excluding hydrogens is 383 g/mol. The number of carbonyl (C=O) groups is 1. The first kappa shape index (κ1) is 18.6. The van der Waals surface area contributed by atoms with Gasteiger partial charge in [-0.15, -0.1) is 19.6 Å². The number of nitrogens with zero attached hydrogens (tertiary/aromatic N) is 2. The van der Waals surface area contributed by atoms with Gasteiger partial charge in [-0.3, -0.25) is 9.36 Å². The fraction of sp³-hybridized carbons (Fsp3) is 0.111. The van der Waals surface area contributed by atoms with Gasteiger partial charge >= 0.3 is 6.36 Å². The molecule has 0 saturated heterocycles. The molecule has 5 nitrogen and oxygen atoms in total. The molecule has 1 N–H and O–H groups in total. The Labute approximate surface area is 156 Å². The number of imidazole rings is 1. The molecule has 0 fully saturated rings. The summed E-state index contributed by atoms with van der Waals surface area (Å²) in [5.74, 6) is 1.81. The summed E-state index contributed by atoms with van der Waals surface area (Å²) in [6.07, 6.45) is 0.654. The summed E-state index contributed by atoms with van der Waals surface area (Å²) in [6.45, 7) is 0. The lowest BCUT2D eigenvalue weighted by Crippen LogP contribution is -2.17. The predicted molar refractivity (Wildman–Crippen MR) is 94.1 cm³/mol. The predicted octanol–water partition coefficient (Wildman–Crippen LogP) is 3.92. The van der Waals surface area contributed by atoms with Gasteiger partial charge in [-0.25, -0.2) is 4.98 Å². The molecule has 27 heavy (non-hydrogen) atoms. The van der Waals surface area contributed by atoms with Crippen LogP contribution in [-0.2, 0) is 0 Å². The number of hydrogen-bond donors (Lipinski definition) is 1. The van der Waals surface area contributed by atoms with Crippen molar-refractivity contribution in [2.45, 2.75) is 6.36 Å². The average Bonchev–Trinajstić information content (AvgIpc) is 2.99. The largest absolute Gasteiger partial charge is 0.573 e. The van der Waals surface area contributed by atoms with E-state index < -0.39 is 12.1 Å². The summed E-state index contributed by atoms with van der Waals surface area (Å²) in [6, 6.07) is 8.55. The van der Waals surface area contributed by atoms with Gasteiger partial charge in [-0.1, -0.05) is 11.6 Å². The van der Waals surface area contributed by atoms with Gasteiger partial charge in [0.1, 0.15) is 5.75 Å². The highest BCUT2D eigenvalue weighted by Gasteiger charge is 2.32. The van der Waals surface area contributed by atoms with Crippen LogP contribution in [0.5, 0.6) is 5.75 Å². The van der Waals surface area contributed by atoms with Gasteiger partial charge in [0.05, 0.1) is 21.7 Å². The van der Waals surface area contributed by atoms with Crippen molar-refractivity contribution in [3.05, 3.63) is 52.8 Å². The second-order valence-electron chi connectivity index (χ2n) is 5.36. The van der Waals surface area contributed by atoms with Crippen LogP contribution in [-0.4, -0.2) is 28.9 Å². The second-order valence-corrected chi connectivity index (χ2v) is 5.77.